The molecule has 2 aromatic rings. The van der Waals surface area contributed by atoms with Gasteiger partial charge in [0.25, 0.3) is 0 Å². The number of esters is 1. The fourth-order valence-electron chi connectivity index (χ4n) is 1.64. The molecule has 1 aromatic heterocycles. The molecule has 2 rings (SSSR count). The highest BCUT2D eigenvalue weighted by Gasteiger charge is 2.14. The summed E-state index contributed by atoms with van der Waals surface area (Å²) in [5.41, 5.74) is 0. The van der Waals surface area contributed by atoms with Crippen molar-refractivity contribution in [3.63, 3.8) is 0 Å². The lowest BCUT2D eigenvalue weighted by molar-refractivity contribution is -0.140. The van der Waals surface area contributed by atoms with Gasteiger partial charge in [-0.1, -0.05) is 0 Å². The number of phenolic OH excluding ortho intramolecular Hbond substituents is 2. The first-order valence-corrected chi connectivity index (χ1v) is 6.38. The van der Waals surface area contributed by atoms with Crippen molar-refractivity contribution in [3.05, 3.63) is 23.1 Å². The van der Waals surface area contributed by atoms with Crippen molar-refractivity contribution in [2.75, 3.05) is 7.11 Å². The lowest BCUT2D eigenvalue weighted by atomic mass is 10.1. The monoisotopic (exact) mass is 280 g/mol. The largest absolute Gasteiger partial charge is 0.504 e. The summed E-state index contributed by atoms with van der Waals surface area (Å²) in [6.07, 6.45) is 0.123. The van der Waals surface area contributed by atoms with Crippen molar-refractivity contribution in [3.8, 4) is 11.5 Å². The number of rotatable bonds is 4. The lowest BCUT2D eigenvalue weighted by Crippen LogP contribution is -2.04. The van der Waals surface area contributed by atoms with E-state index in [1.165, 1.54) is 30.6 Å². The van der Waals surface area contributed by atoms with Crippen LogP contribution in [0.15, 0.2) is 18.2 Å². The highest BCUT2D eigenvalue weighted by atomic mass is 32.1. The minimum Gasteiger partial charge on any atom is -0.504 e. The van der Waals surface area contributed by atoms with Crippen molar-refractivity contribution in [1.29, 1.82) is 0 Å². The van der Waals surface area contributed by atoms with Gasteiger partial charge in [-0.2, -0.15) is 0 Å². The Balaban J connectivity index is 2.21. The van der Waals surface area contributed by atoms with E-state index in [4.69, 9.17) is 0 Å². The molecular weight excluding hydrogens is 268 g/mol. The average molecular weight is 280 g/mol. The first kappa shape index (κ1) is 13.4. The summed E-state index contributed by atoms with van der Waals surface area (Å²) in [4.78, 5) is 23.3. The molecule has 1 heterocycles. The highest BCUT2D eigenvalue weighted by Crippen LogP contribution is 2.35. The molecule has 0 amide bonds. The van der Waals surface area contributed by atoms with Crippen LogP contribution in [0.5, 0.6) is 11.5 Å². The fourth-order valence-corrected chi connectivity index (χ4v) is 2.69. The van der Waals surface area contributed by atoms with Gasteiger partial charge in [0.2, 0.25) is 0 Å². The van der Waals surface area contributed by atoms with Gasteiger partial charge in [-0.05, 0) is 17.5 Å². The van der Waals surface area contributed by atoms with Crippen LogP contribution >= 0.6 is 11.3 Å². The van der Waals surface area contributed by atoms with Crippen LogP contribution in [0, 0.1) is 0 Å². The quantitative estimate of drug-likeness (QED) is 0.510. The number of phenols is 2. The van der Waals surface area contributed by atoms with Crippen molar-refractivity contribution < 1.29 is 24.5 Å². The third-order valence-electron chi connectivity index (χ3n) is 2.67. The molecule has 100 valence electrons. The number of ether oxygens (including phenoxy) is 1. The zero-order valence-corrected chi connectivity index (χ0v) is 11.0. The van der Waals surface area contributed by atoms with Gasteiger partial charge in [0.1, 0.15) is 0 Å². The first-order chi connectivity index (χ1) is 9.01. The predicted octanol–water partition coefficient (Wildman–Crippen LogP) is 2.45. The first-order valence-electron chi connectivity index (χ1n) is 5.57. The Morgan fingerprint density at radius 3 is 2.53 bits per heavy atom. The van der Waals surface area contributed by atoms with Gasteiger partial charge in [-0.15, -0.1) is 11.3 Å². The minimum absolute atomic E-state index is 0.0417. The number of methoxy groups -OCH3 is 1. The maximum absolute atomic E-state index is 11.9. The molecule has 0 aliphatic heterocycles. The van der Waals surface area contributed by atoms with Gasteiger partial charge >= 0.3 is 5.97 Å². The standard InChI is InChI=1S/C13H12O5S/c1-18-13(17)3-2-8(14)12-5-7-4-9(15)10(16)6-11(7)19-12/h4-6,15-16H,2-3H2,1H3. The number of aromatic hydroxyl groups is 2. The van der Waals surface area contributed by atoms with Gasteiger partial charge < -0.3 is 14.9 Å². The van der Waals surface area contributed by atoms with Crippen LogP contribution in [0.1, 0.15) is 22.5 Å². The third-order valence-corrected chi connectivity index (χ3v) is 3.81. The summed E-state index contributed by atoms with van der Waals surface area (Å²) in [5, 5.41) is 19.4. The topological polar surface area (TPSA) is 83.8 Å². The van der Waals surface area contributed by atoms with Gasteiger partial charge in [0.15, 0.2) is 17.3 Å². The molecule has 19 heavy (non-hydrogen) atoms. The summed E-state index contributed by atoms with van der Waals surface area (Å²) < 4.78 is 5.18. The molecule has 5 nitrogen and oxygen atoms in total. The Morgan fingerprint density at radius 1 is 1.16 bits per heavy atom. The number of fused-ring (bicyclic) bond motifs is 1. The van der Waals surface area contributed by atoms with Gasteiger partial charge in [0.05, 0.1) is 18.4 Å². The van der Waals surface area contributed by atoms with Gasteiger partial charge in [-0.25, -0.2) is 0 Å². The van der Waals surface area contributed by atoms with E-state index < -0.39 is 5.97 Å². The molecular formula is C13H12O5S. The SMILES string of the molecule is COC(=O)CCC(=O)c1cc2cc(O)c(O)cc2s1. The predicted molar refractivity (Wildman–Crippen MR) is 70.7 cm³/mol. The molecule has 0 aliphatic rings. The molecule has 0 saturated carbocycles. The Kier molecular flexibility index (Phi) is 3.71. The second-order valence-electron chi connectivity index (χ2n) is 3.99. The Bertz CT molecular complexity index is 605. The Hall–Kier alpha value is -2.08. The smallest absolute Gasteiger partial charge is 0.305 e. The molecule has 2 N–H and O–H groups in total. The van der Waals surface area contributed by atoms with E-state index >= 15 is 0 Å². The van der Waals surface area contributed by atoms with Crippen molar-refractivity contribution in [2.45, 2.75) is 12.8 Å². The van der Waals surface area contributed by atoms with E-state index in [0.717, 1.165) is 0 Å². The molecule has 6 heteroatoms. The van der Waals surface area contributed by atoms with E-state index in [2.05, 4.69) is 4.74 Å². The third kappa shape index (κ3) is 2.85. The van der Waals surface area contributed by atoms with Crippen molar-refractivity contribution >= 4 is 33.2 Å². The molecule has 0 unspecified atom stereocenters. The Labute approximate surface area is 113 Å². The number of ketones is 1. The molecule has 0 atom stereocenters. The normalized spacial score (nSPS) is 10.6. The summed E-state index contributed by atoms with van der Waals surface area (Å²) in [6.45, 7) is 0. The second kappa shape index (κ2) is 5.27. The number of Topliss-reactive ketones (excluding diaryl/α,β-unsaturated/α-hetero) is 1. The highest BCUT2D eigenvalue weighted by molar-refractivity contribution is 7.20. The van der Waals surface area contributed by atoms with Crippen molar-refractivity contribution in [1.82, 2.24) is 0 Å². The van der Waals surface area contributed by atoms with Crippen LogP contribution in [0.2, 0.25) is 0 Å². The number of carbonyl (C=O) groups excluding carboxylic acids is 2. The summed E-state index contributed by atoms with van der Waals surface area (Å²) in [7, 11) is 1.28. The fraction of sp³-hybridized carbons (Fsp3) is 0.231. The minimum atomic E-state index is -0.426. The van der Waals surface area contributed by atoms with E-state index in [1.807, 2.05) is 0 Å². The maximum atomic E-state index is 11.9. The van der Waals surface area contributed by atoms with Crippen LogP contribution in [0.3, 0.4) is 0 Å². The number of thiophene rings is 1. The number of hydrogen-bond donors (Lipinski definition) is 2. The van der Waals surface area contributed by atoms with Crippen LogP contribution < -0.4 is 0 Å². The second-order valence-corrected chi connectivity index (χ2v) is 5.07. The molecule has 0 bridgehead atoms. The van der Waals surface area contributed by atoms with E-state index in [0.29, 0.717) is 15.0 Å². The zero-order valence-electron chi connectivity index (χ0n) is 10.2. The zero-order chi connectivity index (χ0) is 14.0. The molecule has 0 aliphatic carbocycles. The molecule has 0 radical (unpaired) electrons. The van der Waals surface area contributed by atoms with Crippen LogP contribution in [0.4, 0.5) is 0 Å². The van der Waals surface area contributed by atoms with E-state index in [-0.39, 0.29) is 30.1 Å². The van der Waals surface area contributed by atoms with Crippen LogP contribution in [0.25, 0.3) is 10.1 Å². The summed E-state index contributed by atoms with van der Waals surface area (Å²) >= 11 is 1.21. The lowest BCUT2D eigenvalue weighted by Gasteiger charge is -1.96. The van der Waals surface area contributed by atoms with Gasteiger partial charge in [-0.3, -0.25) is 9.59 Å². The molecule has 0 fully saturated rings. The van der Waals surface area contributed by atoms with Crippen LogP contribution in [-0.4, -0.2) is 29.1 Å². The summed E-state index contributed by atoms with van der Waals surface area (Å²) in [6, 6.07) is 4.45. The maximum Gasteiger partial charge on any atom is 0.305 e. The van der Waals surface area contributed by atoms with E-state index in [1.54, 1.807) is 6.07 Å². The number of benzene rings is 1. The van der Waals surface area contributed by atoms with Gasteiger partial charge in [0, 0.05) is 17.2 Å². The number of carbonyl (C=O) groups is 2. The molecule has 0 saturated heterocycles. The average Bonchev–Trinajstić information content (AvgIpc) is 2.79. The Morgan fingerprint density at radius 2 is 1.84 bits per heavy atom. The van der Waals surface area contributed by atoms with E-state index in [9.17, 15) is 19.8 Å². The summed E-state index contributed by atoms with van der Waals surface area (Å²) in [5.74, 6) is -1.03. The van der Waals surface area contributed by atoms with Crippen molar-refractivity contribution in [2.24, 2.45) is 0 Å². The molecule has 1 aromatic carbocycles. The number of hydrogen-bond acceptors (Lipinski definition) is 6. The van der Waals surface area contributed by atoms with Crippen LogP contribution in [-0.2, 0) is 9.53 Å². The molecule has 0 spiro atoms.